The zero-order chi connectivity index (χ0) is 16.7. The van der Waals surface area contributed by atoms with Gasteiger partial charge in [-0.2, -0.15) is 10.5 Å². The number of hydrogen-bond acceptors (Lipinski definition) is 6. The largest absolute Gasteiger partial charge is 0.334 e. The summed E-state index contributed by atoms with van der Waals surface area (Å²) in [6.07, 6.45) is 0. The highest BCUT2D eigenvalue weighted by Crippen LogP contribution is 2.74. The van der Waals surface area contributed by atoms with Crippen LogP contribution in [0.2, 0.25) is 0 Å². The number of benzene rings is 2. The van der Waals surface area contributed by atoms with Crippen LogP contribution in [-0.2, 0) is 16.3 Å². The molecule has 0 saturated heterocycles. The highest BCUT2D eigenvalue weighted by molar-refractivity contribution is 8.99. The Labute approximate surface area is 149 Å². The van der Waals surface area contributed by atoms with Crippen molar-refractivity contribution in [2.45, 2.75) is 16.7 Å². The van der Waals surface area contributed by atoms with Gasteiger partial charge >= 0.3 is 0 Å². The third-order valence-corrected chi connectivity index (χ3v) is 10.9. The quantitative estimate of drug-likeness (QED) is 0.614. The van der Waals surface area contributed by atoms with Gasteiger partial charge in [-0.3, -0.25) is 0 Å². The SMILES string of the molecule is CCOP(=S)(Sc1ccc(C#N)cc1)Sc1ccc(C#N)cc1. The molecule has 23 heavy (non-hydrogen) atoms. The minimum Gasteiger partial charge on any atom is -0.334 e. The Kier molecular flexibility index (Phi) is 6.72. The van der Waals surface area contributed by atoms with E-state index in [0.717, 1.165) is 9.79 Å². The Hall–Kier alpha value is -1.27. The molecule has 0 aliphatic rings. The smallest absolute Gasteiger partial charge is 0.184 e. The Morgan fingerprint density at radius 3 is 1.61 bits per heavy atom. The predicted molar refractivity (Wildman–Crippen MR) is 99.9 cm³/mol. The molecule has 0 aliphatic heterocycles. The van der Waals surface area contributed by atoms with Crippen LogP contribution in [0.15, 0.2) is 58.3 Å². The summed E-state index contributed by atoms with van der Waals surface area (Å²) >= 11 is 8.84. The molecule has 0 atom stereocenters. The van der Waals surface area contributed by atoms with E-state index in [1.54, 1.807) is 24.3 Å². The molecule has 0 bridgehead atoms. The Bertz CT molecular complexity index is 729. The van der Waals surface area contributed by atoms with Crippen LogP contribution in [0.1, 0.15) is 18.1 Å². The molecule has 0 heterocycles. The fourth-order valence-electron chi connectivity index (χ4n) is 1.67. The molecule has 0 radical (unpaired) electrons. The summed E-state index contributed by atoms with van der Waals surface area (Å²) in [6, 6.07) is 18.9. The van der Waals surface area contributed by atoms with Crippen LogP contribution in [0.4, 0.5) is 0 Å². The summed E-state index contributed by atoms with van der Waals surface area (Å²) in [5.41, 5.74) is 1.25. The van der Waals surface area contributed by atoms with Crippen LogP contribution in [-0.4, -0.2) is 6.61 Å². The van der Waals surface area contributed by atoms with Crippen molar-refractivity contribution in [3.05, 3.63) is 59.7 Å². The maximum Gasteiger partial charge on any atom is 0.184 e. The summed E-state index contributed by atoms with van der Waals surface area (Å²) in [5.74, 6) is 0. The van der Waals surface area contributed by atoms with Gasteiger partial charge in [0.25, 0.3) is 0 Å². The molecule has 3 nitrogen and oxygen atoms in total. The molecule has 0 fully saturated rings. The first-order chi connectivity index (χ1) is 11.1. The molecule has 116 valence electrons. The second kappa shape index (κ2) is 8.55. The standard InChI is InChI=1S/C16H13N2OPS3/c1-2-19-20(21,22-15-7-3-13(11-17)4-8-15)23-16-9-5-14(12-18)6-10-16/h3-10H,2H2,1H3. The van der Waals surface area contributed by atoms with Gasteiger partial charge in [-0.1, -0.05) is 22.8 Å². The van der Waals surface area contributed by atoms with E-state index >= 15 is 0 Å². The summed E-state index contributed by atoms with van der Waals surface area (Å²) < 4.78 is 3.66. The van der Waals surface area contributed by atoms with Gasteiger partial charge in [0.05, 0.1) is 29.9 Å². The van der Waals surface area contributed by atoms with Gasteiger partial charge < -0.3 is 4.52 Å². The van der Waals surface area contributed by atoms with Crippen LogP contribution >= 0.6 is 27.4 Å². The first-order valence-electron chi connectivity index (χ1n) is 6.72. The van der Waals surface area contributed by atoms with Gasteiger partial charge in [-0.15, -0.1) is 0 Å². The molecule has 0 unspecified atom stereocenters. The third kappa shape index (κ3) is 5.39. The monoisotopic (exact) mass is 376 g/mol. The van der Waals surface area contributed by atoms with E-state index in [1.807, 2.05) is 31.2 Å². The van der Waals surface area contributed by atoms with Crippen molar-refractivity contribution >= 4 is 39.2 Å². The molecular weight excluding hydrogens is 363 g/mol. The van der Waals surface area contributed by atoms with E-state index in [1.165, 1.54) is 22.8 Å². The zero-order valence-corrected chi connectivity index (χ0v) is 15.6. The molecular formula is C16H13N2OPS3. The molecule has 0 N–H and O–H groups in total. The molecule has 7 heteroatoms. The van der Waals surface area contributed by atoms with Crippen molar-refractivity contribution < 1.29 is 4.52 Å². The molecule has 2 rings (SSSR count). The van der Waals surface area contributed by atoms with Crippen LogP contribution in [0.3, 0.4) is 0 Å². The molecule has 0 spiro atoms. The fraction of sp³-hybridized carbons (Fsp3) is 0.125. The number of nitrogens with zero attached hydrogens (tertiary/aromatic N) is 2. The highest BCUT2D eigenvalue weighted by atomic mass is 33.2. The third-order valence-electron chi connectivity index (χ3n) is 2.69. The highest BCUT2D eigenvalue weighted by Gasteiger charge is 2.21. The summed E-state index contributed by atoms with van der Waals surface area (Å²) in [7, 11) is 0. The predicted octanol–water partition coefficient (Wildman–Crippen LogP) is 5.58. The molecule has 0 aromatic heterocycles. The van der Waals surface area contributed by atoms with Crippen molar-refractivity contribution in [1.29, 1.82) is 10.5 Å². The van der Waals surface area contributed by atoms with Gasteiger partial charge in [0.2, 0.25) is 0 Å². The second-order valence-corrected chi connectivity index (χ2v) is 14.6. The lowest BCUT2D eigenvalue weighted by Crippen LogP contribution is -1.84. The van der Waals surface area contributed by atoms with E-state index in [-0.39, 0.29) is 0 Å². The Balaban J connectivity index is 2.18. The number of rotatable bonds is 6. The van der Waals surface area contributed by atoms with Crippen molar-refractivity contribution in [2.75, 3.05) is 6.61 Å². The van der Waals surface area contributed by atoms with Crippen molar-refractivity contribution in [3.8, 4) is 12.1 Å². The molecule has 2 aromatic carbocycles. The first-order valence-corrected chi connectivity index (χ1v) is 12.3. The summed E-state index contributed by atoms with van der Waals surface area (Å²) in [6.45, 7) is 2.48. The average Bonchev–Trinajstić information content (AvgIpc) is 2.56. The Morgan fingerprint density at radius 2 is 1.30 bits per heavy atom. The van der Waals surface area contributed by atoms with E-state index in [0.29, 0.717) is 17.7 Å². The van der Waals surface area contributed by atoms with Crippen molar-refractivity contribution in [2.24, 2.45) is 0 Å². The van der Waals surface area contributed by atoms with Gasteiger partial charge in [-0.05, 0) is 67.3 Å². The lowest BCUT2D eigenvalue weighted by molar-refractivity contribution is 0.393. The van der Waals surface area contributed by atoms with Crippen LogP contribution in [0, 0.1) is 22.7 Å². The number of hydrogen-bond donors (Lipinski definition) is 0. The fourth-order valence-corrected chi connectivity index (χ4v) is 10.2. The summed E-state index contributed by atoms with van der Waals surface area (Å²) in [5, 5.41) is 17.7. The van der Waals surface area contributed by atoms with Gasteiger partial charge in [0.15, 0.2) is 4.67 Å². The van der Waals surface area contributed by atoms with E-state index in [9.17, 15) is 0 Å². The average molecular weight is 376 g/mol. The van der Waals surface area contributed by atoms with Crippen molar-refractivity contribution in [3.63, 3.8) is 0 Å². The van der Waals surface area contributed by atoms with Crippen LogP contribution in [0.25, 0.3) is 0 Å². The minimum atomic E-state index is -2.21. The maximum absolute atomic E-state index is 8.86. The van der Waals surface area contributed by atoms with Gasteiger partial charge in [-0.25, -0.2) is 0 Å². The number of nitriles is 2. The van der Waals surface area contributed by atoms with Crippen LogP contribution in [0.5, 0.6) is 0 Å². The van der Waals surface area contributed by atoms with Gasteiger partial charge in [0.1, 0.15) is 0 Å². The molecule has 0 amide bonds. The minimum absolute atomic E-state index is 0.545. The lowest BCUT2D eigenvalue weighted by Gasteiger charge is -2.20. The van der Waals surface area contributed by atoms with E-state index in [2.05, 4.69) is 12.1 Å². The van der Waals surface area contributed by atoms with E-state index < -0.39 is 4.67 Å². The zero-order valence-electron chi connectivity index (χ0n) is 12.3. The molecule has 0 saturated carbocycles. The lowest BCUT2D eigenvalue weighted by atomic mass is 10.2. The normalized spacial score (nSPS) is 10.7. The Morgan fingerprint density at radius 1 is 0.913 bits per heavy atom. The van der Waals surface area contributed by atoms with Crippen LogP contribution < -0.4 is 0 Å². The topological polar surface area (TPSA) is 56.8 Å². The summed E-state index contributed by atoms with van der Waals surface area (Å²) in [4.78, 5) is 1.98. The molecule has 0 aliphatic carbocycles. The van der Waals surface area contributed by atoms with E-state index in [4.69, 9.17) is 26.9 Å². The van der Waals surface area contributed by atoms with Crippen molar-refractivity contribution in [1.82, 2.24) is 0 Å². The first kappa shape index (κ1) is 18.1. The molecule has 2 aromatic rings. The second-order valence-electron chi connectivity index (χ2n) is 4.32. The maximum atomic E-state index is 8.86. The van der Waals surface area contributed by atoms with Gasteiger partial charge in [0, 0.05) is 9.79 Å².